The Balaban J connectivity index is 1.89. The topological polar surface area (TPSA) is 52.6 Å². The molecule has 1 atom stereocenters. The zero-order valence-electron chi connectivity index (χ0n) is 12.4. The van der Waals surface area contributed by atoms with Crippen molar-refractivity contribution in [3.63, 3.8) is 0 Å². The molecule has 1 saturated heterocycles. The highest BCUT2D eigenvalue weighted by Crippen LogP contribution is 2.22. The van der Waals surface area contributed by atoms with Gasteiger partial charge in [-0.2, -0.15) is 0 Å². The van der Waals surface area contributed by atoms with Crippen LogP contribution in [-0.4, -0.2) is 41.7 Å². The number of nitrogens with zero attached hydrogens (tertiary/aromatic N) is 1. The molecule has 5 heteroatoms. The third-order valence-corrected chi connectivity index (χ3v) is 4.24. The predicted molar refractivity (Wildman–Crippen MR) is 85.7 cm³/mol. The number of likely N-dealkylation sites (tertiary alicyclic amines) is 1. The van der Waals surface area contributed by atoms with Crippen LogP contribution in [0.2, 0.25) is 5.02 Å². The van der Waals surface area contributed by atoms with Crippen molar-refractivity contribution in [1.29, 1.82) is 0 Å². The molecule has 1 heterocycles. The minimum absolute atomic E-state index is 0.0105. The smallest absolute Gasteiger partial charge is 0.238 e. The number of carbonyl (C=O) groups is 1. The highest BCUT2D eigenvalue weighted by molar-refractivity contribution is 6.30. The van der Waals surface area contributed by atoms with Gasteiger partial charge in [0.2, 0.25) is 5.91 Å². The van der Waals surface area contributed by atoms with Crippen LogP contribution in [0.4, 0.5) is 5.69 Å². The van der Waals surface area contributed by atoms with Gasteiger partial charge in [-0.05, 0) is 62.9 Å². The summed E-state index contributed by atoms with van der Waals surface area (Å²) >= 11 is 5.92. The van der Waals surface area contributed by atoms with Gasteiger partial charge in [0.15, 0.2) is 0 Å². The van der Waals surface area contributed by atoms with Crippen LogP contribution >= 0.6 is 11.6 Å². The van der Waals surface area contributed by atoms with Crippen molar-refractivity contribution >= 4 is 23.2 Å². The summed E-state index contributed by atoms with van der Waals surface area (Å²) in [6, 6.07) is 5.89. The first-order chi connectivity index (χ1) is 10.1. The molecule has 2 N–H and O–H groups in total. The van der Waals surface area contributed by atoms with Crippen LogP contribution < -0.4 is 5.32 Å². The van der Waals surface area contributed by atoms with Crippen molar-refractivity contribution < 1.29 is 9.90 Å². The number of hydrogen-bond acceptors (Lipinski definition) is 3. The molecule has 21 heavy (non-hydrogen) atoms. The molecule has 1 aliphatic heterocycles. The van der Waals surface area contributed by atoms with E-state index in [2.05, 4.69) is 10.2 Å². The number of rotatable bonds is 6. The largest absolute Gasteiger partial charge is 0.396 e. The number of carbonyl (C=O) groups excluding carboxylic acids is 1. The summed E-state index contributed by atoms with van der Waals surface area (Å²) < 4.78 is 0. The zero-order chi connectivity index (χ0) is 15.2. The molecule has 1 fully saturated rings. The summed E-state index contributed by atoms with van der Waals surface area (Å²) in [5.41, 5.74) is 1.78. The third kappa shape index (κ3) is 4.70. The Kier molecular flexibility index (Phi) is 6.03. The predicted octanol–water partition coefficient (Wildman–Crippen LogP) is 2.82. The lowest BCUT2D eigenvalue weighted by Crippen LogP contribution is -2.37. The van der Waals surface area contributed by atoms with Gasteiger partial charge < -0.3 is 10.4 Å². The third-order valence-electron chi connectivity index (χ3n) is 4.00. The van der Waals surface area contributed by atoms with E-state index in [-0.39, 0.29) is 12.5 Å². The molecule has 0 bridgehead atoms. The van der Waals surface area contributed by atoms with Crippen LogP contribution in [0.3, 0.4) is 0 Å². The Hall–Kier alpha value is -1.10. The van der Waals surface area contributed by atoms with E-state index in [0.29, 0.717) is 17.6 Å². The number of benzene rings is 1. The van der Waals surface area contributed by atoms with Gasteiger partial charge >= 0.3 is 0 Å². The molecule has 1 aromatic carbocycles. The number of anilines is 1. The van der Waals surface area contributed by atoms with Crippen LogP contribution in [0.5, 0.6) is 0 Å². The van der Waals surface area contributed by atoms with E-state index in [9.17, 15) is 4.79 Å². The number of nitrogens with one attached hydrogen (secondary N) is 1. The first-order valence-corrected chi connectivity index (χ1v) is 7.89. The molecule has 4 nitrogen and oxygen atoms in total. The lowest BCUT2D eigenvalue weighted by atomic mass is 10.1. The van der Waals surface area contributed by atoms with E-state index in [1.807, 2.05) is 19.1 Å². The van der Waals surface area contributed by atoms with E-state index in [4.69, 9.17) is 16.7 Å². The maximum absolute atomic E-state index is 12.2. The van der Waals surface area contributed by atoms with Crippen LogP contribution in [-0.2, 0) is 4.79 Å². The van der Waals surface area contributed by atoms with E-state index in [1.165, 1.54) is 0 Å². The van der Waals surface area contributed by atoms with E-state index >= 15 is 0 Å². The summed E-state index contributed by atoms with van der Waals surface area (Å²) in [5.74, 6) is 0.0105. The minimum Gasteiger partial charge on any atom is -0.396 e. The van der Waals surface area contributed by atoms with Crippen molar-refractivity contribution in [2.24, 2.45) is 0 Å². The van der Waals surface area contributed by atoms with Crippen LogP contribution in [0, 0.1) is 6.92 Å². The molecule has 0 spiro atoms. The molecular weight excluding hydrogens is 288 g/mol. The summed E-state index contributed by atoms with van der Waals surface area (Å²) in [6.07, 6.45) is 4.01. The number of aryl methyl sites for hydroxylation is 1. The monoisotopic (exact) mass is 310 g/mol. The molecule has 1 aromatic rings. The van der Waals surface area contributed by atoms with Gasteiger partial charge in [-0.15, -0.1) is 0 Å². The fourth-order valence-electron chi connectivity index (χ4n) is 2.90. The van der Waals surface area contributed by atoms with Gasteiger partial charge in [0, 0.05) is 23.4 Å². The fourth-order valence-corrected chi connectivity index (χ4v) is 3.13. The maximum Gasteiger partial charge on any atom is 0.238 e. The van der Waals surface area contributed by atoms with Gasteiger partial charge in [0.05, 0.1) is 6.54 Å². The van der Waals surface area contributed by atoms with E-state index in [0.717, 1.165) is 43.5 Å². The molecule has 116 valence electrons. The molecular formula is C16H23ClN2O2. The van der Waals surface area contributed by atoms with Crippen molar-refractivity contribution in [3.05, 3.63) is 28.8 Å². The Morgan fingerprint density at radius 3 is 3.05 bits per heavy atom. The lowest BCUT2D eigenvalue weighted by Gasteiger charge is -2.23. The summed E-state index contributed by atoms with van der Waals surface area (Å²) in [4.78, 5) is 14.4. The van der Waals surface area contributed by atoms with Gasteiger partial charge in [-0.25, -0.2) is 0 Å². The van der Waals surface area contributed by atoms with Crippen molar-refractivity contribution in [2.45, 2.75) is 38.6 Å². The average Bonchev–Trinajstić information content (AvgIpc) is 2.87. The molecule has 1 unspecified atom stereocenters. The first kappa shape index (κ1) is 16.3. The number of amides is 1. The Labute approximate surface area is 131 Å². The summed E-state index contributed by atoms with van der Waals surface area (Å²) in [6.45, 7) is 3.53. The Morgan fingerprint density at radius 1 is 1.52 bits per heavy atom. The zero-order valence-corrected chi connectivity index (χ0v) is 13.2. The number of halogens is 1. The molecule has 0 aromatic heterocycles. The second-order valence-corrected chi connectivity index (χ2v) is 6.08. The SMILES string of the molecule is Cc1cc(Cl)ccc1NC(=O)CN1CCCC1CCCO. The van der Waals surface area contributed by atoms with Crippen LogP contribution in [0.15, 0.2) is 18.2 Å². The molecule has 1 amide bonds. The van der Waals surface area contributed by atoms with Crippen LogP contribution in [0.25, 0.3) is 0 Å². The number of aliphatic hydroxyl groups excluding tert-OH is 1. The fraction of sp³-hybridized carbons (Fsp3) is 0.562. The van der Waals surface area contributed by atoms with Gasteiger partial charge in [-0.1, -0.05) is 11.6 Å². The van der Waals surface area contributed by atoms with Crippen molar-refractivity contribution in [1.82, 2.24) is 4.90 Å². The van der Waals surface area contributed by atoms with Gasteiger partial charge in [-0.3, -0.25) is 9.69 Å². The normalized spacial score (nSPS) is 18.9. The second-order valence-electron chi connectivity index (χ2n) is 5.64. The molecule has 0 saturated carbocycles. The lowest BCUT2D eigenvalue weighted by molar-refractivity contribution is -0.117. The summed E-state index contributed by atoms with van der Waals surface area (Å²) in [5, 5.41) is 12.6. The summed E-state index contributed by atoms with van der Waals surface area (Å²) in [7, 11) is 0. The van der Waals surface area contributed by atoms with Crippen LogP contribution in [0.1, 0.15) is 31.2 Å². The molecule has 2 rings (SSSR count). The van der Waals surface area contributed by atoms with Crippen molar-refractivity contribution in [2.75, 3.05) is 25.0 Å². The molecule has 0 aliphatic carbocycles. The number of aliphatic hydroxyl groups is 1. The second kappa shape index (κ2) is 7.78. The highest BCUT2D eigenvalue weighted by atomic mass is 35.5. The highest BCUT2D eigenvalue weighted by Gasteiger charge is 2.25. The number of hydrogen-bond donors (Lipinski definition) is 2. The molecule has 1 aliphatic rings. The Morgan fingerprint density at radius 2 is 2.33 bits per heavy atom. The average molecular weight is 311 g/mol. The first-order valence-electron chi connectivity index (χ1n) is 7.51. The maximum atomic E-state index is 12.2. The standard InChI is InChI=1S/C16H23ClN2O2/c1-12-10-13(17)6-7-15(12)18-16(21)11-19-8-2-4-14(19)5-3-9-20/h6-7,10,14,20H,2-5,8-9,11H2,1H3,(H,18,21). The van der Waals surface area contributed by atoms with Gasteiger partial charge in [0.25, 0.3) is 0 Å². The van der Waals surface area contributed by atoms with Crippen molar-refractivity contribution in [3.8, 4) is 0 Å². The molecule has 0 radical (unpaired) electrons. The van der Waals surface area contributed by atoms with Gasteiger partial charge in [0.1, 0.15) is 0 Å². The quantitative estimate of drug-likeness (QED) is 0.849. The minimum atomic E-state index is 0.0105. The Bertz CT molecular complexity index is 493. The van der Waals surface area contributed by atoms with E-state index in [1.54, 1.807) is 6.07 Å². The van der Waals surface area contributed by atoms with E-state index < -0.39 is 0 Å².